The lowest BCUT2D eigenvalue weighted by molar-refractivity contribution is 0.581. The van der Waals surface area contributed by atoms with Gasteiger partial charge in [0.15, 0.2) is 0 Å². The first-order chi connectivity index (χ1) is 6.58. The lowest BCUT2D eigenvalue weighted by Crippen LogP contribution is -1.89. The van der Waals surface area contributed by atoms with Crippen molar-refractivity contribution in [3.8, 4) is 0 Å². The van der Waals surface area contributed by atoms with Gasteiger partial charge in [-0.25, -0.2) is 13.2 Å². The number of halogens is 3. The van der Waals surface area contributed by atoms with E-state index in [4.69, 9.17) is 0 Å². The lowest BCUT2D eigenvalue weighted by Gasteiger charge is -2.03. The van der Waals surface area contributed by atoms with E-state index in [2.05, 4.69) is 0 Å². The molecule has 0 aromatic heterocycles. The number of hydrogen-bond acceptors (Lipinski definition) is 0. The van der Waals surface area contributed by atoms with Gasteiger partial charge in [0.1, 0.15) is 17.5 Å². The van der Waals surface area contributed by atoms with Crippen LogP contribution in [-0.4, -0.2) is 0 Å². The normalized spacial score (nSPS) is 10.9. The minimum atomic E-state index is -0.863. The predicted octanol–water partition coefficient (Wildman–Crippen LogP) is 3.57. The van der Waals surface area contributed by atoms with Crippen LogP contribution in [0.25, 0.3) is 10.8 Å². The van der Waals surface area contributed by atoms with Crippen molar-refractivity contribution in [2.24, 2.45) is 0 Å². The first-order valence-corrected chi connectivity index (χ1v) is 4.13. The molecule has 0 atom stereocenters. The molecule has 0 heterocycles. The number of rotatable bonds is 0. The molecule has 0 saturated heterocycles. The van der Waals surface area contributed by atoms with Crippen LogP contribution in [0.4, 0.5) is 13.2 Å². The summed E-state index contributed by atoms with van der Waals surface area (Å²) in [5.41, 5.74) is 0.639. The zero-order valence-electron chi connectivity index (χ0n) is 7.44. The Morgan fingerprint density at radius 2 is 1.50 bits per heavy atom. The Balaban J connectivity index is 2.94. The van der Waals surface area contributed by atoms with Crippen LogP contribution in [0.3, 0.4) is 0 Å². The molecule has 72 valence electrons. The minimum absolute atomic E-state index is 0.156. The van der Waals surface area contributed by atoms with Crippen molar-refractivity contribution >= 4 is 10.8 Å². The SMILES string of the molecule is Cc1cc(F)c2c(F)cc(F)cc2c1. The molecule has 0 saturated carbocycles. The molecule has 2 aromatic carbocycles. The van der Waals surface area contributed by atoms with Gasteiger partial charge in [-0.1, -0.05) is 6.07 Å². The van der Waals surface area contributed by atoms with Gasteiger partial charge in [0.2, 0.25) is 0 Å². The summed E-state index contributed by atoms with van der Waals surface area (Å²) >= 11 is 0. The van der Waals surface area contributed by atoms with Gasteiger partial charge in [-0.2, -0.15) is 0 Å². The van der Waals surface area contributed by atoms with E-state index in [0.717, 1.165) is 6.07 Å². The van der Waals surface area contributed by atoms with Crippen LogP contribution in [0, 0.1) is 24.4 Å². The van der Waals surface area contributed by atoms with Crippen LogP contribution in [0.15, 0.2) is 24.3 Å². The van der Waals surface area contributed by atoms with E-state index < -0.39 is 17.5 Å². The second-order valence-corrected chi connectivity index (χ2v) is 3.23. The third kappa shape index (κ3) is 1.35. The van der Waals surface area contributed by atoms with E-state index >= 15 is 0 Å². The molecule has 2 rings (SSSR count). The minimum Gasteiger partial charge on any atom is -0.207 e. The van der Waals surface area contributed by atoms with Crippen molar-refractivity contribution in [3.63, 3.8) is 0 Å². The fraction of sp³-hybridized carbons (Fsp3) is 0.0909. The van der Waals surface area contributed by atoms with Crippen LogP contribution in [0.5, 0.6) is 0 Å². The first kappa shape index (κ1) is 9.06. The average molecular weight is 196 g/mol. The van der Waals surface area contributed by atoms with Crippen LogP contribution in [0.2, 0.25) is 0 Å². The van der Waals surface area contributed by atoms with E-state index in [9.17, 15) is 13.2 Å². The Hall–Kier alpha value is -1.51. The molecule has 0 unspecified atom stereocenters. The lowest BCUT2D eigenvalue weighted by atomic mass is 10.1. The Bertz CT molecular complexity index is 461. The van der Waals surface area contributed by atoms with Gasteiger partial charge in [0.25, 0.3) is 0 Å². The average Bonchev–Trinajstić information content (AvgIpc) is 1.99. The molecule has 3 heteroatoms. The van der Waals surface area contributed by atoms with E-state index in [1.165, 1.54) is 6.07 Å². The zero-order valence-corrected chi connectivity index (χ0v) is 7.44. The van der Waals surface area contributed by atoms with Crippen molar-refractivity contribution < 1.29 is 13.2 Å². The molecule has 0 aliphatic carbocycles. The van der Waals surface area contributed by atoms with E-state index in [-0.39, 0.29) is 10.8 Å². The highest BCUT2D eigenvalue weighted by Gasteiger charge is 2.09. The maximum absolute atomic E-state index is 13.3. The first-order valence-electron chi connectivity index (χ1n) is 4.13. The van der Waals surface area contributed by atoms with Crippen molar-refractivity contribution in [3.05, 3.63) is 47.3 Å². The molecular weight excluding hydrogens is 189 g/mol. The third-order valence-corrected chi connectivity index (χ3v) is 2.06. The van der Waals surface area contributed by atoms with Gasteiger partial charge in [-0.15, -0.1) is 0 Å². The van der Waals surface area contributed by atoms with Crippen LogP contribution in [-0.2, 0) is 0 Å². The van der Waals surface area contributed by atoms with Crippen molar-refractivity contribution in [2.45, 2.75) is 6.92 Å². The molecule has 0 radical (unpaired) electrons. The topological polar surface area (TPSA) is 0 Å². The molecule has 0 amide bonds. The van der Waals surface area contributed by atoms with E-state index in [1.807, 2.05) is 0 Å². The van der Waals surface area contributed by atoms with Crippen LogP contribution >= 0.6 is 0 Å². The van der Waals surface area contributed by atoms with Crippen molar-refractivity contribution in [1.82, 2.24) is 0 Å². The summed E-state index contributed by atoms with van der Waals surface area (Å²) in [4.78, 5) is 0. The van der Waals surface area contributed by atoms with Gasteiger partial charge in [0, 0.05) is 6.07 Å². The maximum Gasteiger partial charge on any atom is 0.136 e. The molecule has 0 spiro atoms. The standard InChI is InChI=1S/C11H7F3/c1-6-2-7-4-8(12)5-10(14)11(7)9(13)3-6/h2-5H,1H3. The fourth-order valence-electron chi connectivity index (χ4n) is 1.52. The molecule has 0 N–H and O–H groups in total. The molecule has 0 aliphatic heterocycles. The number of benzene rings is 2. The van der Waals surface area contributed by atoms with Gasteiger partial charge in [0.05, 0.1) is 5.39 Å². The summed E-state index contributed by atoms with van der Waals surface area (Å²) in [7, 11) is 0. The summed E-state index contributed by atoms with van der Waals surface area (Å²) in [6.45, 7) is 1.67. The highest BCUT2D eigenvalue weighted by molar-refractivity contribution is 5.84. The van der Waals surface area contributed by atoms with Gasteiger partial charge < -0.3 is 0 Å². The second kappa shape index (κ2) is 3.01. The number of fused-ring (bicyclic) bond motifs is 1. The largest absolute Gasteiger partial charge is 0.207 e. The van der Waals surface area contributed by atoms with E-state index in [1.54, 1.807) is 13.0 Å². The summed E-state index contributed by atoms with van der Waals surface area (Å²) in [5.74, 6) is -2.21. The molecule has 2 aromatic rings. The van der Waals surface area contributed by atoms with Crippen LogP contribution < -0.4 is 0 Å². The summed E-state index contributed by atoms with van der Waals surface area (Å²) in [6, 6.07) is 4.57. The molecule has 0 nitrogen and oxygen atoms in total. The monoisotopic (exact) mass is 196 g/mol. The Kier molecular flexibility index (Phi) is 1.95. The highest BCUT2D eigenvalue weighted by atomic mass is 19.1. The van der Waals surface area contributed by atoms with Gasteiger partial charge in [-0.3, -0.25) is 0 Å². The molecule has 0 fully saturated rings. The number of aryl methyl sites for hydroxylation is 1. The van der Waals surface area contributed by atoms with Crippen molar-refractivity contribution in [1.29, 1.82) is 0 Å². The zero-order chi connectivity index (χ0) is 10.3. The maximum atomic E-state index is 13.3. The molecule has 14 heavy (non-hydrogen) atoms. The fourth-order valence-corrected chi connectivity index (χ4v) is 1.52. The van der Waals surface area contributed by atoms with Gasteiger partial charge in [-0.05, 0) is 30.0 Å². The third-order valence-electron chi connectivity index (χ3n) is 2.06. The Morgan fingerprint density at radius 1 is 0.857 bits per heavy atom. The Morgan fingerprint density at radius 3 is 2.21 bits per heavy atom. The smallest absolute Gasteiger partial charge is 0.136 e. The molecule has 0 aliphatic rings. The summed E-state index contributed by atoms with van der Waals surface area (Å²) in [5, 5.41) is 0.0944. The summed E-state index contributed by atoms with van der Waals surface area (Å²) < 4.78 is 39.2. The van der Waals surface area contributed by atoms with Gasteiger partial charge >= 0.3 is 0 Å². The van der Waals surface area contributed by atoms with Crippen molar-refractivity contribution in [2.75, 3.05) is 0 Å². The molecular formula is C11H7F3. The predicted molar refractivity (Wildman–Crippen MR) is 48.6 cm³/mol. The quantitative estimate of drug-likeness (QED) is 0.604. The molecule has 0 bridgehead atoms. The van der Waals surface area contributed by atoms with Crippen LogP contribution in [0.1, 0.15) is 5.56 Å². The second-order valence-electron chi connectivity index (χ2n) is 3.23. The van der Waals surface area contributed by atoms with E-state index in [0.29, 0.717) is 11.6 Å². The number of hydrogen-bond donors (Lipinski definition) is 0. The Labute approximate surface area is 79.0 Å². The highest BCUT2D eigenvalue weighted by Crippen LogP contribution is 2.23. The summed E-state index contributed by atoms with van der Waals surface area (Å²) in [6.07, 6.45) is 0.